The lowest BCUT2D eigenvalue weighted by atomic mass is 9.90. The number of rotatable bonds is 5. The molecular weight excluding hydrogens is 200 g/mol. The van der Waals surface area contributed by atoms with Gasteiger partial charge < -0.3 is 5.11 Å². The summed E-state index contributed by atoms with van der Waals surface area (Å²) in [4.78, 5) is 0. The van der Waals surface area contributed by atoms with Crippen LogP contribution in [-0.4, -0.2) is 20.2 Å². The highest BCUT2D eigenvalue weighted by Gasteiger charge is 2.23. The molecule has 0 aromatic heterocycles. The van der Waals surface area contributed by atoms with Crippen molar-refractivity contribution >= 4 is 14.7 Å². The third-order valence-corrected chi connectivity index (χ3v) is 4.99. The lowest BCUT2D eigenvalue weighted by molar-refractivity contribution is 0.0101. The third-order valence-electron chi connectivity index (χ3n) is 3.23. The normalized spacial score (nSPS) is 16.1. The Bertz CT molecular complexity index is 280. The van der Waals surface area contributed by atoms with E-state index in [2.05, 4.69) is 44.2 Å². The van der Waals surface area contributed by atoms with Gasteiger partial charge >= 0.3 is 0 Å². The van der Waals surface area contributed by atoms with Gasteiger partial charge in [-0.05, 0) is 19.3 Å². The number of benzene rings is 1. The van der Waals surface area contributed by atoms with Crippen LogP contribution < -0.4 is 5.19 Å². The fraction of sp³-hybridized carbons (Fsp3) is 0.538. The molecule has 0 aliphatic heterocycles. The van der Waals surface area contributed by atoms with Crippen molar-refractivity contribution in [1.82, 2.24) is 0 Å². The van der Waals surface area contributed by atoms with E-state index < -0.39 is 5.60 Å². The van der Waals surface area contributed by atoms with Crippen molar-refractivity contribution in [3.05, 3.63) is 30.3 Å². The number of hydrogen-bond acceptors (Lipinski definition) is 1. The van der Waals surface area contributed by atoms with E-state index in [1.807, 2.05) is 6.92 Å². The topological polar surface area (TPSA) is 20.2 Å². The van der Waals surface area contributed by atoms with Crippen LogP contribution in [0.4, 0.5) is 0 Å². The molecule has 0 radical (unpaired) electrons. The predicted molar refractivity (Wildman–Crippen MR) is 69.5 cm³/mol. The first-order chi connectivity index (χ1) is 7.02. The molecule has 0 fully saturated rings. The second kappa shape index (κ2) is 5.47. The Labute approximate surface area is 95.4 Å². The first-order valence-electron chi connectivity index (χ1n) is 5.78. The lowest BCUT2D eigenvalue weighted by Gasteiger charge is -2.27. The van der Waals surface area contributed by atoms with E-state index in [0.717, 1.165) is 6.42 Å². The molecule has 1 aromatic carbocycles. The molecule has 2 heteroatoms. The molecule has 0 heterocycles. The zero-order valence-electron chi connectivity index (χ0n) is 10.0. The zero-order chi connectivity index (χ0) is 11.3. The van der Waals surface area contributed by atoms with Gasteiger partial charge in [0.05, 0.1) is 15.1 Å². The van der Waals surface area contributed by atoms with Crippen LogP contribution in [0.15, 0.2) is 30.3 Å². The monoisotopic (exact) mass is 222 g/mol. The largest absolute Gasteiger partial charge is 0.390 e. The molecular formula is C13H22OSi. The van der Waals surface area contributed by atoms with Gasteiger partial charge in [-0.1, -0.05) is 55.4 Å². The van der Waals surface area contributed by atoms with Crippen LogP contribution in [0, 0.1) is 5.92 Å². The minimum Gasteiger partial charge on any atom is -0.390 e. The molecule has 0 aliphatic carbocycles. The van der Waals surface area contributed by atoms with Crippen molar-refractivity contribution in [2.24, 2.45) is 5.92 Å². The van der Waals surface area contributed by atoms with Gasteiger partial charge in [0.2, 0.25) is 0 Å². The first kappa shape index (κ1) is 12.5. The molecule has 0 saturated heterocycles. The summed E-state index contributed by atoms with van der Waals surface area (Å²) in [6.45, 7) is 6.13. The van der Waals surface area contributed by atoms with Crippen molar-refractivity contribution in [2.75, 3.05) is 0 Å². The van der Waals surface area contributed by atoms with E-state index in [0.29, 0.717) is 5.92 Å². The standard InChI is InChI=1S/C13H22OSi/c1-11(2)13(3,14)9-10-15-12-7-5-4-6-8-12/h4-8,11,14H,9-10,15H2,1-3H3. The number of aliphatic hydroxyl groups is 1. The minimum atomic E-state index is -0.484. The summed E-state index contributed by atoms with van der Waals surface area (Å²) < 4.78 is 0. The van der Waals surface area contributed by atoms with Crippen LogP contribution in [-0.2, 0) is 0 Å². The predicted octanol–water partition coefficient (Wildman–Crippen LogP) is 1.70. The van der Waals surface area contributed by atoms with Crippen molar-refractivity contribution in [1.29, 1.82) is 0 Å². The fourth-order valence-corrected chi connectivity index (χ4v) is 3.49. The van der Waals surface area contributed by atoms with Gasteiger partial charge in [0.1, 0.15) is 0 Å². The Morgan fingerprint density at radius 1 is 1.27 bits per heavy atom. The highest BCUT2D eigenvalue weighted by Crippen LogP contribution is 2.21. The molecule has 1 rings (SSSR count). The van der Waals surface area contributed by atoms with Crippen LogP contribution in [0.5, 0.6) is 0 Å². The summed E-state index contributed by atoms with van der Waals surface area (Å²) in [5.74, 6) is 0.349. The number of hydrogen-bond donors (Lipinski definition) is 1. The molecule has 84 valence electrons. The molecule has 0 bridgehead atoms. The highest BCUT2D eigenvalue weighted by atomic mass is 28.2. The molecule has 0 amide bonds. The Balaban J connectivity index is 2.34. The maximum absolute atomic E-state index is 10.1. The molecule has 0 aliphatic rings. The lowest BCUT2D eigenvalue weighted by Crippen LogP contribution is -2.31. The van der Waals surface area contributed by atoms with Gasteiger partial charge in [-0.3, -0.25) is 0 Å². The molecule has 1 unspecified atom stereocenters. The SMILES string of the molecule is CC(C)C(C)(O)CC[SiH2]c1ccccc1. The molecule has 1 nitrogen and oxygen atoms in total. The van der Waals surface area contributed by atoms with Crippen LogP contribution in [0.3, 0.4) is 0 Å². The van der Waals surface area contributed by atoms with Gasteiger partial charge in [-0.2, -0.15) is 0 Å². The second-order valence-corrected chi connectivity index (χ2v) is 6.87. The summed E-state index contributed by atoms with van der Waals surface area (Å²) in [7, 11) is -0.183. The van der Waals surface area contributed by atoms with Crippen molar-refractivity contribution in [2.45, 2.75) is 38.8 Å². The van der Waals surface area contributed by atoms with E-state index >= 15 is 0 Å². The quantitative estimate of drug-likeness (QED) is 0.752. The average Bonchev–Trinajstić information content (AvgIpc) is 2.19. The molecule has 1 N–H and O–H groups in total. The summed E-state index contributed by atoms with van der Waals surface area (Å²) in [6, 6.07) is 11.9. The summed E-state index contributed by atoms with van der Waals surface area (Å²) in [6.07, 6.45) is 0.936. The first-order valence-corrected chi connectivity index (χ1v) is 7.49. The van der Waals surface area contributed by atoms with E-state index in [1.54, 1.807) is 0 Å². The zero-order valence-corrected chi connectivity index (χ0v) is 11.4. The molecule has 0 saturated carbocycles. The Hall–Kier alpha value is -0.603. The summed E-state index contributed by atoms with van der Waals surface area (Å²) in [5.41, 5.74) is -0.484. The van der Waals surface area contributed by atoms with Gasteiger partial charge in [0.25, 0.3) is 0 Å². The Morgan fingerprint density at radius 3 is 2.40 bits per heavy atom. The van der Waals surface area contributed by atoms with E-state index in [9.17, 15) is 5.11 Å². The van der Waals surface area contributed by atoms with Crippen LogP contribution in [0.1, 0.15) is 27.2 Å². The van der Waals surface area contributed by atoms with E-state index in [4.69, 9.17) is 0 Å². The van der Waals surface area contributed by atoms with Gasteiger partial charge in [-0.15, -0.1) is 0 Å². The van der Waals surface area contributed by atoms with Crippen LogP contribution >= 0.6 is 0 Å². The minimum absolute atomic E-state index is 0.183. The smallest absolute Gasteiger partial charge is 0.0639 e. The fourth-order valence-electron chi connectivity index (χ4n) is 1.58. The van der Waals surface area contributed by atoms with Gasteiger partial charge in [0, 0.05) is 0 Å². The molecule has 1 aromatic rings. The van der Waals surface area contributed by atoms with Crippen LogP contribution in [0.2, 0.25) is 6.04 Å². The van der Waals surface area contributed by atoms with Crippen molar-refractivity contribution < 1.29 is 5.11 Å². The Kier molecular flexibility index (Phi) is 4.55. The maximum Gasteiger partial charge on any atom is 0.0639 e. The third kappa shape index (κ3) is 4.18. The highest BCUT2D eigenvalue weighted by molar-refractivity contribution is 6.53. The average molecular weight is 222 g/mol. The maximum atomic E-state index is 10.1. The Morgan fingerprint density at radius 2 is 1.87 bits per heavy atom. The van der Waals surface area contributed by atoms with Gasteiger partial charge in [0.15, 0.2) is 0 Å². The van der Waals surface area contributed by atoms with Crippen molar-refractivity contribution in [3.63, 3.8) is 0 Å². The van der Waals surface area contributed by atoms with Gasteiger partial charge in [-0.25, -0.2) is 0 Å². The second-order valence-electron chi connectivity index (χ2n) is 4.85. The summed E-state index contributed by atoms with van der Waals surface area (Å²) >= 11 is 0. The van der Waals surface area contributed by atoms with Crippen LogP contribution in [0.25, 0.3) is 0 Å². The molecule has 1 atom stereocenters. The van der Waals surface area contributed by atoms with E-state index in [1.165, 1.54) is 11.2 Å². The molecule has 15 heavy (non-hydrogen) atoms. The summed E-state index contributed by atoms with van der Waals surface area (Å²) in [5, 5.41) is 11.6. The molecule has 0 spiro atoms. The van der Waals surface area contributed by atoms with E-state index in [-0.39, 0.29) is 9.52 Å². The van der Waals surface area contributed by atoms with Crippen molar-refractivity contribution in [3.8, 4) is 0 Å².